The van der Waals surface area contributed by atoms with Gasteiger partial charge in [0.2, 0.25) is 0 Å². The second-order valence-corrected chi connectivity index (χ2v) is 4.98. The van der Waals surface area contributed by atoms with Crippen molar-refractivity contribution in [1.82, 2.24) is 4.98 Å². The van der Waals surface area contributed by atoms with Gasteiger partial charge in [-0.15, -0.1) is 11.3 Å². The van der Waals surface area contributed by atoms with Crippen LogP contribution in [0.3, 0.4) is 0 Å². The highest BCUT2D eigenvalue weighted by Gasteiger charge is 2.08. The average molecular weight is 232 g/mol. The van der Waals surface area contributed by atoms with Gasteiger partial charge in [-0.3, -0.25) is 4.98 Å². The Labute approximate surface area is 100 Å². The lowest BCUT2D eigenvalue weighted by atomic mass is 10.1. The highest BCUT2D eigenvalue weighted by Crippen LogP contribution is 2.33. The first kappa shape index (κ1) is 11.1. The van der Waals surface area contributed by atoms with Crippen molar-refractivity contribution in [2.75, 3.05) is 5.73 Å². The van der Waals surface area contributed by atoms with Gasteiger partial charge in [0.1, 0.15) is 0 Å². The van der Waals surface area contributed by atoms with Gasteiger partial charge in [0.05, 0.1) is 10.7 Å². The zero-order chi connectivity index (χ0) is 11.4. The maximum absolute atomic E-state index is 6.02. The van der Waals surface area contributed by atoms with Gasteiger partial charge in [-0.2, -0.15) is 0 Å². The number of aromatic nitrogens is 1. The molecular formula is C13H16N2S. The fraction of sp³-hybridized carbons (Fsp3) is 0.308. The van der Waals surface area contributed by atoms with Crippen LogP contribution in [0.5, 0.6) is 0 Å². The summed E-state index contributed by atoms with van der Waals surface area (Å²) in [5.41, 5.74) is 8.08. The summed E-state index contributed by atoms with van der Waals surface area (Å²) in [4.78, 5) is 5.69. The number of thiophene rings is 1. The predicted octanol–water partition coefficient (Wildman–Crippen LogP) is 3.73. The van der Waals surface area contributed by atoms with Crippen molar-refractivity contribution in [3.63, 3.8) is 0 Å². The smallest absolute Gasteiger partial charge is 0.0954 e. The molecule has 0 aliphatic rings. The average Bonchev–Trinajstić information content (AvgIpc) is 2.69. The van der Waals surface area contributed by atoms with Crippen LogP contribution in [-0.2, 0) is 6.42 Å². The molecule has 2 heterocycles. The van der Waals surface area contributed by atoms with E-state index >= 15 is 0 Å². The van der Waals surface area contributed by atoms with Crippen LogP contribution in [0.25, 0.3) is 11.3 Å². The zero-order valence-electron chi connectivity index (χ0n) is 9.44. The molecule has 0 saturated carbocycles. The van der Waals surface area contributed by atoms with Crippen LogP contribution in [0.15, 0.2) is 30.5 Å². The van der Waals surface area contributed by atoms with Gasteiger partial charge in [-0.05, 0) is 31.0 Å². The van der Waals surface area contributed by atoms with Gasteiger partial charge in [0, 0.05) is 16.6 Å². The Morgan fingerprint density at radius 3 is 2.94 bits per heavy atom. The summed E-state index contributed by atoms with van der Waals surface area (Å²) in [6.45, 7) is 2.20. The Hall–Kier alpha value is -1.35. The third-order valence-corrected chi connectivity index (χ3v) is 3.55. The van der Waals surface area contributed by atoms with E-state index in [1.54, 1.807) is 17.5 Å². The first-order valence-electron chi connectivity index (χ1n) is 5.61. The summed E-state index contributed by atoms with van der Waals surface area (Å²) < 4.78 is 0. The molecule has 0 atom stereocenters. The number of nitrogen functional groups attached to an aromatic ring is 1. The van der Waals surface area contributed by atoms with E-state index in [-0.39, 0.29) is 0 Å². The van der Waals surface area contributed by atoms with Crippen molar-refractivity contribution in [3.05, 3.63) is 35.3 Å². The number of rotatable bonds is 4. The monoisotopic (exact) mass is 232 g/mol. The van der Waals surface area contributed by atoms with E-state index in [1.807, 2.05) is 18.2 Å². The Kier molecular flexibility index (Phi) is 3.57. The minimum absolute atomic E-state index is 0.879. The first-order chi connectivity index (χ1) is 7.81. The number of pyridine rings is 1. The molecule has 16 heavy (non-hydrogen) atoms. The number of nitrogens with zero attached hydrogens (tertiary/aromatic N) is 1. The third-order valence-electron chi connectivity index (χ3n) is 2.53. The Bertz CT molecular complexity index is 448. The second-order valence-electron chi connectivity index (χ2n) is 3.81. The molecule has 2 N–H and O–H groups in total. The minimum atomic E-state index is 0.879. The van der Waals surface area contributed by atoms with Gasteiger partial charge >= 0.3 is 0 Å². The molecule has 0 aliphatic carbocycles. The summed E-state index contributed by atoms with van der Waals surface area (Å²) >= 11 is 1.69. The predicted molar refractivity (Wildman–Crippen MR) is 70.6 cm³/mol. The van der Waals surface area contributed by atoms with Crippen LogP contribution in [0.1, 0.15) is 24.6 Å². The van der Waals surface area contributed by atoms with Crippen molar-refractivity contribution in [2.45, 2.75) is 26.2 Å². The fourth-order valence-corrected chi connectivity index (χ4v) is 2.63. The molecule has 2 aromatic rings. The molecule has 0 radical (unpaired) electrons. The van der Waals surface area contributed by atoms with E-state index in [0.717, 1.165) is 22.7 Å². The number of nitrogens with two attached hydrogens (primary N) is 1. The third kappa shape index (κ3) is 2.42. The van der Waals surface area contributed by atoms with Crippen LogP contribution < -0.4 is 5.73 Å². The molecule has 0 bridgehead atoms. The quantitative estimate of drug-likeness (QED) is 0.872. The molecule has 2 aromatic heterocycles. The van der Waals surface area contributed by atoms with Gasteiger partial charge < -0.3 is 5.73 Å². The standard InChI is InChI=1S/C13H16N2S/c1-2-3-6-10-9-11(13(14)16-10)12-7-4-5-8-15-12/h4-5,7-9H,2-3,6,14H2,1H3. The lowest BCUT2D eigenvalue weighted by Crippen LogP contribution is -1.85. The van der Waals surface area contributed by atoms with Crippen molar-refractivity contribution < 1.29 is 0 Å². The molecule has 3 heteroatoms. The summed E-state index contributed by atoms with van der Waals surface area (Å²) in [5, 5.41) is 0.879. The van der Waals surface area contributed by atoms with E-state index in [0.29, 0.717) is 0 Å². The zero-order valence-corrected chi connectivity index (χ0v) is 10.3. The van der Waals surface area contributed by atoms with E-state index in [9.17, 15) is 0 Å². The molecule has 0 unspecified atom stereocenters. The van der Waals surface area contributed by atoms with E-state index < -0.39 is 0 Å². The number of aryl methyl sites for hydroxylation is 1. The number of anilines is 1. The molecule has 0 amide bonds. The summed E-state index contributed by atoms with van der Waals surface area (Å²) in [6.07, 6.45) is 5.37. The van der Waals surface area contributed by atoms with Crippen LogP contribution >= 0.6 is 11.3 Å². The van der Waals surface area contributed by atoms with Gasteiger partial charge in [0.25, 0.3) is 0 Å². The number of hydrogen-bond acceptors (Lipinski definition) is 3. The molecule has 2 rings (SSSR count). The Morgan fingerprint density at radius 2 is 2.25 bits per heavy atom. The van der Waals surface area contributed by atoms with Crippen LogP contribution in [0.4, 0.5) is 5.00 Å². The van der Waals surface area contributed by atoms with E-state index in [4.69, 9.17) is 5.73 Å². The van der Waals surface area contributed by atoms with Gasteiger partial charge in [-0.25, -0.2) is 0 Å². The Balaban J connectivity index is 2.25. The van der Waals surface area contributed by atoms with E-state index in [2.05, 4.69) is 18.0 Å². The molecule has 84 valence electrons. The summed E-state index contributed by atoms with van der Waals surface area (Å²) in [6, 6.07) is 8.09. The topological polar surface area (TPSA) is 38.9 Å². The van der Waals surface area contributed by atoms with E-state index in [1.165, 1.54) is 17.7 Å². The van der Waals surface area contributed by atoms with Crippen molar-refractivity contribution >= 4 is 16.3 Å². The van der Waals surface area contributed by atoms with Crippen molar-refractivity contribution in [2.24, 2.45) is 0 Å². The molecule has 0 aromatic carbocycles. The summed E-state index contributed by atoms with van der Waals surface area (Å²) in [5.74, 6) is 0. The highest BCUT2D eigenvalue weighted by molar-refractivity contribution is 7.16. The molecule has 0 fully saturated rings. The fourth-order valence-electron chi connectivity index (χ4n) is 1.65. The SMILES string of the molecule is CCCCc1cc(-c2ccccn2)c(N)s1. The largest absolute Gasteiger partial charge is 0.390 e. The molecular weight excluding hydrogens is 216 g/mol. The molecule has 0 aliphatic heterocycles. The number of hydrogen-bond donors (Lipinski definition) is 1. The Morgan fingerprint density at radius 1 is 1.38 bits per heavy atom. The van der Waals surface area contributed by atoms with Crippen molar-refractivity contribution in [3.8, 4) is 11.3 Å². The van der Waals surface area contributed by atoms with Gasteiger partial charge in [0.15, 0.2) is 0 Å². The van der Waals surface area contributed by atoms with Crippen LogP contribution in [-0.4, -0.2) is 4.98 Å². The van der Waals surface area contributed by atoms with Crippen LogP contribution in [0, 0.1) is 0 Å². The minimum Gasteiger partial charge on any atom is -0.390 e. The summed E-state index contributed by atoms with van der Waals surface area (Å²) in [7, 11) is 0. The highest BCUT2D eigenvalue weighted by atomic mass is 32.1. The second kappa shape index (κ2) is 5.12. The maximum Gasteiger partial charge on any atom is 0.0954 e. The van der Waals surface area contributed by atoms with Crippen LogP contribution in [0.2, 0.25) is 0 Å². The maximum atomic E-state index is 6.02. The lowest BCUT2D eigenvalue weighted by Gasteiger charge is -1.96. The molecule has 0 spiro atoms. The molecule has 0 saturated heterocycles. The van der Waals surface area contributed by atoms with Gasteiger partial charge in [-0.1, -0.05) is 19.4 Å². The van der Waals surface area contributed by atoms with Crippen molar-refractivity contribution in [1.29, 1.82) is 0 Å². The first-order valence-corrected chi connectivity index (χ1v) is 6.42. The normalized spacial score (nSPS) is 10.6. The molecule has 2 nitrogen and oxygen atoms in total. The number of unbranched alkanes of at least 4 members (excludes halogenated alkanes) is 1. The lowest BCUT2D eigenvalue weighted by molar-refractivity contribution is 0.804.